The molecule has 0 spiro atoms. The van der Waals surface area contributed by atoms with E-state index in [1.165, 1.54) is 5.56 Å². The first-order chi connectivity index (χ1) is 13.0. The first kappa shape index (κ1) is 19.9. The van der Waals surface area contributed by atoms with Crippen molar-refractivity contribution >= 4 is 10.0 Å². The summed E-state index contributed by atoms with van der Waals surface area (Å²) < 4.78 is 32.4. The molecule has 1 saturated heterocycles. The highest BCUT2D eigenvalue weighted by atomic mass is 32.2. The van der Waals surface area contributed by atoms with Gasteiger partial charge in [-0.1, -0.05) is 30.3 Å². The van der Waals surface area contributed by atoms with Crippen LogP contribution in [-0.2, 0) is 16.4 Å². The Kier molecular flexibility index (Phi) is 6.52. The van der Waals surface area contributed by atoms with E-state index in [0.29, 0.717) is 29.8 Å². The lowest BCUT2D eigenvalue weighted by Gasteiger charge is -2.37. The number of piperazine rings is 1. The van der Waals surface area contributed by atoms with Crippen molar-refractivity contribution in [3.05, 3.63) is 60.2 Å². The van der Waals surface area contributed by atoms with E-state index in [0.717, 1.165) is 25.9 Å². The van der Waals surface area contributed by atoms with E-state index >= 15 is 0 Å². The SMILES string of the molecule is COc1ccc(S(=O)(=O)N2CCN(C(C)CCc3ccccc3)CC2)cc1. The summed E-state index contributed by atoms with van der Waals surface area (Å²) in [5.41, 5.74) is 1.35. The van der Waals surface area contributed by atoms with Crippen LogP contribution in [0.25, 0.3) is 0 Å². The molecular formula is C21H28N2O3S. The fourth-order valence-electron chi connectivity index (χ4n) is 3.48. The topological polar surface area (TPSA) is 49.9 Å². The average Bonchev–Trinajstić information content (AvgIpc) is 2.73. The Hall–Kier alpha value is -1.89. The Morgan fingerprint density at radius 3 is 2.19 bits per heavy atom. The standard InChI is InChI=1S/C21H28N2O3S/c1-18(8-9-19-6-4-3-5-7-19)22-14-16-23(17-15-22)27(24,25)21-12-10-20(26-2)11-13-21/h3-7,10-13,18H,8-9,14-17H2,1-2H3. The van der Waals surface area contributed by atoms with Crippen LogP contribution in [-0.4, -0.2) is 57.0 Å². The molecule has 0 bridgehead atoms. The van der Waals surface area contributed by atoms with E-state index in [2.05, 4.69) is 36.1 Å². The summed E-state index contributed by atoms with van der Waals surface area (Å²) >= 11 is 0. The minimum Gasteiger partial charge on any atom is -0.497 e. The zero-order valence-corrected chi connectivity index (χ0v) is 16.9. The van der Waals surface area contributed by atoms with Gasteiger partial charge in [-0.15, -0.1) is 0 Å². The smallest absolute Gasteiger partial charge is 0.243 e. The first-order valence-corrected chi connectivity index (χ1v) is 10.9. The fourth-order valence-corrected chi connectivity index (χ4v) is 4.91. The summed E-state index contributed by atoms with van der Waals surface area (Å²) in [7, 11) is -1.87. The van der Waals surface area contributed by atoms with E-state index < -0.39 is 10.0 Å². The van der Waals surface area contributed by atoms with Crippen molar-refractivity contribution in [2.24, 2.45) is 0 Å². The molecule has 27 heavy (non-hydrogen) atoms. The minimum absolute atomic E-state index is 0.328. The number of hydrogen-bond donors (Lipinski definition) is 0. The van der Waals surface area contributed by atoms with Crippen molar-refractivity contribution in [3.8, 4) is 5.75 Å². The molecule has 1 aliphatic rings. The van der Waals surface area contributed by atoms with Gasteiger partial charge in [0.2, 0.25) is 10.0 Å². The summed E-state index contributed by atoms with van der Waals surface area (Å²) in [5, 5.41) is 0. The van der Waals surface area contributed by atoms with Crippen LogP contribution in [0.4, 0.5) is 0 Å². The highest BCUT2D eigenvalue weighted by molar-refractivity contribution is 7.89. The molecule has 0 amide bonds. The predicted octanol–water partition coefficient (Wildman–Crippen LogP) is 3.02. The molecule has 2 aromatic carbocycles. The third-order valence-corrected chi connectivity index (χ3v) is 7.20. The molecule has 146 valence electrons. The van der Waals surface area contributed by atoms with E-state index in [1.807, 2.05) is 6.07 Å². The molecular weight excluding hydrogens is 360 g/mol. The van der Waals surface area contributed by atoms with Gasteiger partial charge in [-0.2, -0.15) is 4.31 Å². The predicted molar refractivity (Wildman–Crippen MR) is 108 cm³/mol. The van der Waals surface area contributed by atoms with Crippen molar-refractivity contribution in [1.29, 1.82) is 0 Å². The molecule has 0 saturated carbocycles. The van der Waals surface area contributed by atoms with Gasteiger partial charge in [0.25, 0.3) is 0 Å². The second-order valence-electron chi connectivity index (χ2n) is 6.99. The maximum Gasteiger partial charge on any atom is 0.243 e. The number of ether oxygens (including phenoxy) is 1. The van der Waals surface area contributed by atoms with Gasteiger partial charge in [-0.3, -0.25) is 4.90 Å². The zero-order valence-electron chi connectivity index (χ0n) is 16.0. The molecule has 1 aliphatic heterocycles. The average molecular weight is 389 g/mol. The third kappa shape index (κ3) is 4.89. The first-order valence-electron chi connectivity index (χ1n) is 9.43. The quantitative estimate of drug-likeness (QED) is 0.732. The zero-order chi connectivity index (χ0) is 19.3. The third-order valence-electron chi connectivity index (χ3n) is 5.29. The van der Waals surface area contributed by atoms with Crippen molar-refractivity contribution in [2.75, 3.05) is 33.3 Å². The van der Waals surface area contributed by atoms with E-state index in [9.17, 15) is 8.42 Å². The molecule has 6 heteroatoms. The van der Waals surface area contributed by atoms with E-state index in [1.54, 1.807) is 35.7 Å². The summed E-state index contributed by atoms with van der Waals surface area (Å²) in [5.74, 6) is 0.658. The Labute approximate surface area is 162 Å². The van der Waals surface area contributed by atoms with Gasteiger partial charge < -0.3 is 4.74 Å². The van der Waals surface area contributed by atoms with Crippen molar-refractivity contribution in [2.45, 2.75) is 30.7 Å². The Morgan fingerprint density at radius 2 is 1.59 bits per heavy atom. The fraction of sp³-hybridized carbons (Fsp3) is 0.429. The molecule has 2 aromatic rings. The lowest BCUT2D eigenvalue weighted by molar-refractivity contribution is 0.140. The van der Waals surface area contributed by atoms with Crippen LogP contribution in [0.2, 0.25) is 0 Å². The van der Waals surface area contributed by atoms with E-state index in [-0.39, 0.29) is 0 Å². The summed E-state index contributed by atoms with van der Waals surface area (Å²) in [4.78, 5) is 2.72. The highest BCUT2D eigenvalue weighted by Gasteiger charge is 2.29. The van der Waals surface area contributed by atoms with Crippen LogP contribution in [0.1, 0.15) is 18.9 Å². The van der Waals surface area contributed by atoms with Gasteiger partial charge in [0.1, 0.15) is 5.75 Å². The van der Waals surface area contributed by atoms with Gasteiger partial charge in [0.05, 0.1) is 12.0 Å². The lowest BCUT2D eigenvalue weighted by Crippen LogP contribution is -2.51. The number of nitrogens with zero attached hydrogens (tertiary/aromatic N) is 2. The normalized spacial score (nSPS) is 17.6. The van der Waals surface area contributed by atoms with Crippen LogP contribution in [0, 0.1) is 0 Å². The Balaban J connectivity index is 1.54. The molecule has 0 aliphatic carbocycles. The maximum absolute atomic E-state index is 12.8. The highest BCUT2D eigenvalue weighted by Crippen LogP contribution is 2.21. The van der Waals surface area contributed by atoms with E-state index in [4.69, 9.17) is 4.74 Å². The van der Waals surface area contributed by atoms with Gasteiger partial charge in [0.15, 0.2) is 0 Å². The minimum atomic E-state index is -3.44. The number of methoxy groups -OCH3 is 1. The molecule has 0 aromatic heterocycles. The van der Waals surface area contributed by atoms with Crippen LogP contribution >= 0.6 is 0 Å². The monoisotopic (exact) mass is 388 g/mol. The molecule has 0 N–H and O–H groups in total. The second kappa shape index (κ2) is 8.87. The second-order valence-corrected chi connectivity index (χ2v) is 8.93. The number of aryl methyl sites for hydroxylation is 1. The molecule has 5 nitrogen and oxygen atoms in total. The van der Waals surface area contributed by atoms with Crippen LogP contribution in [0.5, 0.6) is 5.75 Å². The number of benzene rings is 2. The Bertz CT molecular complexity index is 814. The van der Waals surface area contributed by atoms with Gasteiger partial charge in [-0.25, -0.2) is 8.42 Å². The molecule has 0 radical (unpaired) electrons. The molecule has 1 fully saturated rings. The van der Waals surface area contributed by atoms with Crippen molar-refractivity contribution in [3.63, 3.8) is 0 Å². The Morgan fingerprint density at radius 1 is 0.963 bits per heavy atom. The number of sulfonamides is 1. The molecule has 1 heterocycles. The molecule has 1 atom stereocenters. The van der Waals surface area contributed by atoms with Crippen molar-refractivity contribution < 1.29 is 13.2 Å². The van der Waals surface area contributed by atoms with Gasteiger partial charge >= 0.3 is 0 Å². The van der Waals surface area contributed by atoms with Crippen LogP contribution < -0.4 is 4.74 Å². The number of rotatable bonds is 7. The van der Waals surface area contributed by atoms with Gasteiger partial charge in [-0.05, 0) is 49.6 Å². The largest absolute Gasteiger partial charge is 0.497 e. The maximum atomic E-state index is 12.8. The summed E-state index contributed by atoms with van der Waals surface area (Å²) in [6.45, 7) is 4.83. The molecule has 1 unspecified atom stereocenters. The van der Waals surface area contributed by atoms with Crippen molar-refractivity contribution in [1.82, 2.24) is 9.21 Å². The summed E-state index contributed by atoms with van der Waals surface area (Å²) in [6, 6.07) is 17.5. The number of hydrogen-bond acceptors (Lipinski definition) is 4. The van der Waals surface area contributed by atoms with Crippen LogP contribution in [0.3, 0.4) is 0 Å². The molecule has 3 rings (SSSR count). The van der Waals surface area contributed by atoms with Gasteiger partial charge in [0, 0.05) is 32.2 Å². The lowest BCUT2D eigenvalue weighted by atomic mass is 10.0. The van der Waals surface area contributed by atoms with Crippen LogP contribution in [0.15, 0.2) is 59.5 Å². The summed E-state index contributed by atoms with van der Waals surface area (Å²) in [6.07, 6.45) is 2.13.